The van der Waals surface area contributed by atoms with Crippen LogP contribution in [0.25, 0.3) is 0 Å². The van der Waals surface area contributed by atoms with E-state index < -0.39 is 0 Å². The van der Waals surface area contributed by atoms with Gasteiger partial charge in [0.15, 0.2) is 5.75 Å². The molecule has 1 aromatic heterocycles. The lowest BCUT2D eigenvalue weighted by atomic mass is 10.0. The third-order valence-corrected chi connectivity index (χ3v) is 2.68. The minimum atomic E-state index is 0.628. The third-order valence-electron chi connectivity index (χ3n) is 2.68. The van der Waals surface area contributed by atoms with Crippen LogP contribution in [0.3, 0.4) is 0 Å². The Morgan fingerprint density at radius 3 is 2.93 bits per heavy atom. The van der Waals surface area contributed by atoms with Crippen molar-refractivity contribution < 1.29 is 4.74 Å². The zero-order chi connectivity index (χ0) is 10.3. The zero-order valence-corrected chi connectivity index (χ0v) is 8.85. The van der Waals surface area contributed by atoms with Gasteiger partial charge in [0.25, 0.3) is 0 Å². The highest BCUT2D eigenvalue weighted by molar-refractivity contribution is 5.09. The summed E-state index contributed by atoms with van der Waals surface area (Å²) in [5.74, 6) is 0.758. The van der Waals surface area contributed by atoms with E-state index in [0.717, 1.165) is 25.3 Å². The van der Waals surface area contributed by atoms with Crippen LogP contribution in [0.1, 0.15) is 25.7 Å². The van der Waals surface area contributed by atoms with E-state index in [1.54, 1.807) is 12.4 Å². The lowest BCUT2D eigenvalue weighted by molar-refractivity contribution is 0.266. The third kappa shape index (κ3) is 3.47. The number of nitrogens with zero attached hydrogens (tertiary/aromatic N) is 2. The molecule has 1 atom stereocenters. The Bertz CT molecular complexity index is 272. The van der Waals surface area contributed by atoms with E-state index in [1.807, 2.05) is 0 Å². The van der Waals surface area contributed by atoms with Gasteiger partial charge in [-0.25, -0.2) is 9.97 Å². The average molecular weight is 207 g/mol. The fraction of sp³-hybridized carbons (Fsp3) is 0.636. The molecule has 1 N–H and O–H groups in total. The van der Waals surface area contributed by atoms with Crippen LogP contribution in [0, 0.1) is 0 Å². The van der Waals surface area contributed by atoms with Gasteiger partial charge in [-0.2, -0.15) is 0 Å². The molecule has 2 rings (SSSR count). The van der Waals surface area contributed by atoms with Gasteiger partial charge in [0.1, 0.15) is 6.33 Å². The van der Waals surface area contributed by atoms with Crippen molar-refractivity contribution in [2.45, 2.75) is 31.7 Å². The van der Waals surface area contributed by atoms with Gasteiger partial charge in [-0.3, -0.25) is 0 Å². The van der Waals surface area contributed by atoms with E-state index in [-0.39, 0.29) is 0 Å². The molecule has 0 radical (unpaired) electrons. The van der Waals surface area contributed by atoms with Gasteiger partial charge in [0, 0.05) is 6.04 Å². The largest absolute Gasteiger partial charge is 0.490 e. The maximum atomic E-state index is 5.54. The van der Waals surface area contributed by atoms with Crippen molar-refractivity contribution in [3.63, 3.8) is 0 Å². The van der Waals surface area contributed by atoms with E-state index >= 15 is 0 Å². The molecule has 15 heavy (non-hydrogen) atoms. The summed E-state index contributed by atoms with van der Waals surface area (Å²) in [6, 6.07) is 0.628. The summed E-state index contributed by atoms with van der Waals surface area (Å²) in [6.07, 6.45) is 9.89. The van der Waals surface area contributed by atoms with E-state index in [9.17, 15) is 0 Å². The Morgan fingerprint density at radius 1 is 1.33 bits per heavy atom. The molecule has 4 heteroatoms. The zero-order valence-electron chi connectivity index (χ0n) is 8.85. The predicted molar refractivity (Wildman–Crippen MR) is 57.8 cm³/mol. The van der Waals surface area contributed by atoms with E-state index in [2.05, 4.69) is 15.3 Å². The van der Waals surface area contributed by atoms with Gasteiger partial charge < -0.3 is 10.1 Å². The highest BCUT2D eigenvalue weighted by atomic mass is 16.5. The Kier molecular flexibility index (Phi) is 3.91. The quantitative estimate of drug-likeness (QED) is 0.810. The lowest BCUT2D eigenvalue weighted by Gasteiger charge is -2.23. The number of rotatable bonds is 4. The minimum absolute atomic E-state index is 0.628. The Balaban J connectivity index is 1.66. The first kappa shape index (κ1) is 10.4. The van der Waals surface area contributed by atoms with E-state index in [0.29, 0.717) is 6.04 Å². The molecule has 1 aliphatic rings. The van der Waals surface area contributed by atoms with Crippen molar-refractivity contribution in [2.75, 3.05) is 13.2 Å². The van der Waals surface area contributed by atoms with Crippen LogP contribution in [0.15, 0.2) is 18.7 Å². The topological polar surface area (TPSA) is 47.0 Å². The van der Waals surface area contributed by atoms with Gasteiger partial charge in [0.05, 0.1) is 19.0 Å². The number of aromatic nitrogens is 2. The highest BCUT2D eigenvalue weighted by Crippen LogP contribution is 2.11. The monoisotopic (exact) mass is 207 g/mol. The summed E-state index contributed by atoms with van der Waals surface area (Å²) in [4.78, 5) is 7.80. The number of nitrogens with one attached hydrogen (secondary N) is 1. The first-order chi connectivity index (χ1) is 7.45. The van der Waals surface area contributed by atoms with Crippen LogP contribution in [0.5, 0.6) is 5.75 Å². The molecule has 0 bridgehead atoms. The van der Waals surface area contributed by atoms with Crippen LogP contribution >= 0.6 is 0 Å². The molecule has 1 fully saturated rings. The van der Waals surface area contributed by atoms with Crippen molar-refractivity contribution >= 4 is 0 Å². The molecule has 1 aliphatic heterocycles. The molecule has 1 saturated heterocycles. The van der Waals surface area contributed by atoms with Crippen LogP contribution in [-0.4, -0.2) is 29.2 Å². The molecule has 0 saturated carbocycles. The Morgan fingerprint density at radius 2 is 2.20 bits per heavy atom. The first-order valence-electron chi connectivity index (χ1n) is 5.56. The summed E-state index contributed by atoms with van der Waals surface area (Å²) < 4.78 is 5.54. The van der Waals surface area contributed by atoms with Crippen LogP contribution < -0.4 is 10.1 Å². The van der Waals surface area contributed by atoms with Crippen LogP contribution in [0.4, 0.5) is 0 Å². The number of hydrogen-bond acceptors (Lipinski definition) is 4. The first-order valence-corrected chi connectivity index (χ1v) is 5.56. The van der Waals surface area contributed by atoms with Crippen LogP contribution in [-0.2, 0) is 0 Å². The summed E-state index contributed by atoms with van der Waals surface area (Å²) in [7, 11) is 0. The second kappa shape index (κ2) is 5.66. The van der Waals surface area contributed by atoms with Gasteiger partial charge >= 0.3 is 0 Å². The SMILES string of the molecule is c1ncc(OCC[C@H]2CCCCN2)cn1. The number of ether oxygens (including phenoxy) is 1. The Hall–Kier alpha value is -1.16. The van der Waals surface area contributed by atoms with E-state index in [1.165, 1.54) is 25.6 Å². The number of piperidine rings is 1. The van der Waals surface area contributed by atoms with Crippen molar-refractivity contribution in [3.8, 4) is 5.75 Å². The normalized spacial score (nSPS) is 21.2. The smallest absolute Gasteiger partial charge is 0.155 e. The standard InChI is InChI=1S/C11H17N3O/c1-2-5-14-10(3-1)4-6-15-11-7-12-9-13-8-11/h7-10,14H,1-6H2/t10-/m1/s1. The molecule has 0 unspecified atom stereocenters. The molecule has 0 amide bonds. The molecular formula is C11H17N3O. The Labute approximate surface area is 90.1 Å². The summed E-state index contributed by atoms with van der Waals surface area (Å²) in [5, 5.41) is 3.49. The van der Waals surface area contributed by atoms with Gasteiger partial charge in [0.2, 0.25) is 0 Å². The van der Waals surface area contributed by atoms with Crippen molar-refractivity contribution in [2.24, 2.45) is 0 Å². The summed E-state index contributed by atoms with van der Waals surface area (Å²) in [6.45, 7) is 1.89. The molecular weight excluding hydrogens is 190 g/mol. The second-order valence-electron chi connectivity index (χ2n) is 3.86. The van der Waals surface area contributed by atoms with Gasteiger partial charge in [-0.1, -0.05) is 6.42 Å². The van der Waals surface area contributed by atoms with Crippen molar-refractivity contribution in [3.05, 3.63) is 18.7 Å². The summed E-state index contributed by atoms with van der Waals surface area (Å²) in [5.41, 5.74) is 0. The molecule has 4 nitrogen and oxygen atoms in total. The molecule has 2 heterocycles. The minimum Gasteiger partial charge on any atom is -0.490 e. The lowest BCUT2D eigenvalue weighted by Crippen LogP contribution is -2.35. The second-order valence-corrected chi connectivity index (χ2v) is 3.86. The highest BCUT2D eigenvalue weighted by Gasteiger charge is 2.11. The maximum Gasteiger partial charge on any atom is 0.155 e. The van der Waals surface area contributed by atoms with E-state index in [4.69, 9.17) is 4.74 Å². The number of hydrogen-bond donors (Lipinski definition) is 1. The average Bonchev–Trinajstić information content (AvgIpc) is 2.32. The van der Waals surface area contributed by atoms with Crippen LogP contribution in [0.2, 0.25) is 0 Å². The fourth-order valence-corrected chi connectivity index (χ4v) is 1.85. The summed E-state index contributed by atoms with van der Waals surface area (Å²) >= 11 is 0. The molecule has 1 aromatic rings. The fourth-order valence-electron chi connectivity index (χ4n) is 1.85. The van der Waals surface area contributed by atoms with Crippen molar-refractivity contribution in [1.82, 2.24) is 15.3 Å². The predicted octanol–water partition coefficient (Wildman–Crippen LogP) is 1.39. The molecule has 0 aromatic carbocycles. The maximum absolute atomic E-state index is 5.54. The molecule has 0 spiro atoms. The van der Waals surface area contributed by atoms with Gasteiger partial charge in [-0.05, 0) is 25.8 Å². The molecule has 82 valence electrons. The van der Waals surface area contributed by atoms with Crippen molar-refractivity contribution in [1.29, 1.82) is 0 Å². The van der Waals surface area contributed by atoms with Gasteiger partial charge in [-0.15, -0.1) is 0 Å². The molecule has 0 aliphatic carbocycles.